The van der Waals surface area contributed by atoms with E-state index >= 15 is 0 Å². The van der Waals surface area contributed by atoms with E-state index in [9.17, 15) is 14.9 Å². The number of anilines is 1. The summed E-state index contributed by atoms with van der Waals surface area (Å²) in [5, 5.41) is 18.8. The van der Waals surface area contributed by atoms with Crippen LogP contribution in [-0.4, -0.2) is 47.6 Å². The molecule has 2 amide bonds. The highest BCUT2D eigenvalue weighted by Crippen LogP contribution is 2.11. The Kier molecular flexibility index (Phi) is 7.18. The molecule has 8 nitrogen and oxygen atoms in total. The molecule has 1 heterocycles. The fourth-order valence-electron chi connectivity index (χ4n) is 1.29. The number of nitro groups is 1. The molecule has 0 unspecified atom stereocenters. The quantitative estimate of drug-likeness (QED) is 0.376. The molecule has 3 N–H and O–H groups in total. The van der Waals surface area contributed by atoms with E-state index in [0.29, 0.717) is 25.5 Å². The van der Waals surface area contributed by atoms with E-state index in [4.69, 9.17) is 0 Å². The van der Waals surface area contributed by atoms with Gasteiger partial charge in [-0.05, 0) is 12.3 Å². The molecule has 0 radical (unpaired) electrons. The Bertz CT molecular complexity index is 440. The maximum absolute atomic E-state index is 11.3. The Morgan fingerprint density at radius 2 is 2.10 bits per heavy atom. The summed E-state index contributed by atoms with van der Waals surface area (Å²) in [6.45, 7) is 1.55. The van der Waals surface area contributed by atoms with Gasteiger partial charge in [-0.3, -0.25) is 10.1 Å². The molecule has 1 rings (SSSR count). The molecular formula is C11H17N5O3S. The number of urea groups is 1. The average Bonchev–Trinajstić information content (AvgIpc) is 2.44. The summed E-state index contributed by atoms with van der Waals surface area (Å²) in [4.78, 5) is 25.1. The van der Waals surface area contributed by atoms with Crippen molar-refractivity contribution in [2.45, 2.75) is 0 Å². The van der Waals surface area contributed by atoms with Crippen LogP contribution in [0.15, 0.2) is 18.3 Å². The van der Waals surface area contributed by atoms with Crippen molar-refractivity contribution in [2.24, 2.45) is 0 Å². The highest BCUT2D eigenvalue weighted by molar-refractivity contribution is 7.98. The summed E-state index contributed by atoms with van der Waals surface area (Å²) in [7, 11) is 0. The Hall–Kier alpha value is -2.03. The van der Waals surface area contributed by atoms with Crippen molar-refractivity contribution < 1.29 is 9.72 Å². The summed E-state index contributed by atoms with van der Waals surface area (Å²) in [6.07, 6.45) is 3.16. The van der Waals surface area contributed by atoms with Gasteiger partial charge in [-0.1, -0.05) is 0 Å². The number of pyridine rings is 1. The zero-order valence-electron chi connectivity index (χ0n) is 11.1. The Balaban J connectivity index is 2.17. The molecule has 1 aromatic rings. The van der Waals surface area contributed by atoms with Gasteiger partial charge in [0.1, 0.15) is 12.0 Å². The molecule has 0 fully saturated rings. The van der Waals surface area contributed by atoms with Crippen LogP contribution in [0.5, 0.6) is 0 Å². The van der Waals surface area contributed by atoms with Crippen molar-refractivity contribution in [2.75, 3.05) is 37.0 Å². The van der Waals surface area contributed by atoms with Crippen LogP contribution in [0.1, 0.15) is 0 Å². The lowest BCUT2D eigenvalue weighted by molar-refractivity contribution is -0.385. The van der Waals surface area contributed by atoms with Crippen molar-refractivity contribution in [3.05, 3.63) is 28.4 Å². The molecule has 110 valence electrons. The summed E-state index contributed by atoms with van der Waals surface area (Å²) in [6, 6.07) is 2.69. The van der Waals surface area contributed by atoms with Gasteiger partial charge in [-0.2, -0.15) is 11.8 Å². The molecule has 0 spiro atoms. The van der Waals surface area contributed by atoms with Crippen LogP contribution >= 0.6 is 11.8 Å². The van der Waals surface area contributed by atoms with Crippen LogP contribution in [0.2, 0.25) is 0 Å². The largest absolute Gasteiger partial charge is 0.368 e. The topological polar surface area (TPSA) is 109 Å². The van der Waals surface area contributed by atoms with Crippen LogP contribution in [-0.2, 0) is 0 Å². The van der Waals surface area contributed by atoms with Gasteiger partial charge in [0.25, 0.3) is 5.69 Å². The maximum atomic E-state index is 11.3. The smallest absolute Gasteiger partial charge is 0.314 e. The van der Waals surface area contributed by atoms with E-state index in [-0.39, 0.29) is 11.7 Å². The zero-order chi connectivity index (χ0) is 14.8. The Morgan fingerprint density at radius 3 is 2.70 bits per heavy atom. The van der Waals surface area contributed by atoms with Crippen molar-refractivity contribution in [3.8, 4) is 0 Å². The molecule has 0 bridgehead atoms. The number of rotatable bonds is 8. The lowest BCUT2D eigenvalue weighted by atomic mass is 10.4. The number of thioether (sulfide) groups is 1. The van der Waals surface area contributed by atoms with Crippen LogP contribution < -0.4 is 16.0 Å². The summed E-state index contributed by atoms with van der Waals surface area (Å²) >= 11 is 1.66. The molecular weight excluding hydrogens is 282 g/mol. The second-order valence-corrected chi connectivity index (χ2v) is 4.75. The number of hydrogen-bond donors (Lipinski definition) is 3. The van der Waals surface area contributed by atoms with E-state index in [1.54, 1.807) is 11.8 Å². The fourth-order valence-corrected chi connectivity index (χ4v) is 1.60. The van der Waals surface area contributed by atoms with E-state index in [0.717, 1.165) is 5.75 Å². The second-order valence-electron chi connectivity index (χ2n) is 3.76. The van der Waals surface area contributed by atoms with Crippen molar-refractivity contribution in [1.82, 2.24) is 15.6 Å². The van der Waals surface area contributed by atoms with Gasteiger partial charge in [0, 0.05) is 31.5 Å². The van der Waals surface area contributed by atoms with Crippen molar-refractivity contribution in [3.63, 3.8) is 0 Å². The number of nitrogens with zero attached hydrogens (tertiary/aromatic N) is 2. The summed E-state index contributed by atoms with van der Waals surface area (Å²) in [5.74, 6) is 1.40. The van der Waals surface area contributed by atoms with Gasteiger partial charge in [0.2, 0.25) is 0 Å². The normalized spacial score (nSPS) is 9.85. The monoisotopic (exact) mass is 299 g/mol. The highest BCUT2D eigenvalue weighted by atomic mass is 32.2. The van der Waals surface area contributed by atoms with Gasteiger partial charge < -0.3 is 16.0 Å². The third-order valence-electron chi connectivity index (χ3n) is 2.27. The van der Waals surface area contributed by atoms with Gasteiger partial charge in [0.15, 0.2) is 0 Å². The number of carbonyl (C=O) groups excluding carboxylic acids is 1. The van der Waals surface area contributed by atoms with Crippen molar-refractivity contribution in [1.29, 1.82) is 0 Å². The molecule has 1 aromatic heterocycles. The van der Waals surface area contributed by atoms with Crippen LogP contribution in [0.25, 0.3) is 0 Å². The molecule has 20 heavy (non-hydrogen) atoms. The Morgan fingerprint density at radius 1 is 1.35 bits per heavy atom. The minimum absolute atomic E-state index is 0.0538. The molecule has 0 aliphatic rings. The summed E-state index contributed by atoms with van der Waals surface area (Å²) in [5.41, 5.74) is -0.0538. The first-order valence-electron chi connectivity index (χ1n) is 5.98. The summed E-state index contributed by atoms with van der Waals surface area (Å²) < 4.78 is 0. The van der Waals surface area contributed by atoms with Gasteiger partial charge in [-0.25, -0.2) is 9.78 Å². The van der Waals surface area contributed by atoms with E-state index in [1.807, 2.05) is 6.26 Å². The lowest BCUT2D eigenvalue weighted by Crippen LogP contribution is -2.38. The number of carbonyl (C=O) groups is 1. The third-order valence-corrected chi connectivity index (χ3v) is 2.88. The molecule has 0 aromatic carbocycles. The van der Waals surface area contributed by atoms with Gasteiger partial charge in [-0.15, -0.1) is 0 Å². The van der Waals surface area contributed by atoms with E-state index in [2.05, 4.69) is 20.9 Å². The highest BCUT2D eigenvalue weighted by Gasteiger charge is 2.04. The number of aromatic nitrogens is 1. The molecule has 9 heteroatoms. The van der Waals surface area contributed by atoms with E-state index < -0.39 is 4.92 Å². The van der Waals surface area contributed by atoms with Gasteiger partial charge >= 0.3 is 6.03 Å². The molecule has 0 saturated heterocycles. The predicted octanol–water partition coefficient (Wildman–Crippen LogP) is 1.06. The molecule has 0 saturated carbocycles. The van der Waals surface area contributed by atoms with Crippen LogP contribution in [0, 0.1) is 10.1 Å². The minimum atomic E-state index is -0.503. The molecule has 0 aliphatic carbocycles. The SMILES string of the molecule is CSCCNC(=O)NCCNc1ccc([N+](=O)[O-])cn1. The first-order chi connectivity index (χ1) is 9.63. The first kappa shape index (κ1) is 16.0. The molecule has 0 atom stereocenters. The number of hydrogen-bond acceptors (Lipinski definition) is 6. The number of nitrogens with one attached hydrogen (secondary N) is 3. The Labute approximate surface area is 120 Å². The van der Waals surface area contributed by atoms with E-state index in [1.165, 1.54) is 18.3 Å². The van der Waals surface area contributed by atoms with Crippen molar-refractivity contribution >= 4 is 29.3 Å². The molecule has 0 aliphatic heterocycles. The van der Waals surface area contributed by atoms with Crippen LogP contribution in [0.3, 0.4) is 0 Å². The number of amides is 2. The first-order valence-corrected chi connectivity index (χ1v) is 7.38. The second kappa shape index (κ2) is 8.97. The predicted molar refractivity (Wildman–Crippen MR) is 79.2 cm³/mol. The standard InChI is InChI=1S/C11H17N5O3S/c1-20-7-6-14-11(17)13-5-4-12-10-3-2-9(8-15-10)16(18)19/h2-3,8H,4-7H2,1H3,(H,12,15)(H2,13,14,17). The third kappa shape index (κ3) is 6.23. The lowest BCUT2D eigenvalue weighted by Gasteiger charge is -2.08. The van der Waals surface area contributed by atoms with Gasteiger partial charge in [0.05, 0.1) is 4.92 Å². The average molecular weight is 299 g/mol. The minimum Gasteiger partial charge on any atom is -0.368 e. The zero-order valence-corrected chi connectivity index (χ0v) is 11.9. The maximum Gasteiger partial charge on any atom is 0.314 e. The fraction of sp³-hybridized carbons (Fsp3) is 0.455. The van der Waals surface area contributed by atoms with Crippen LogP contribution in [0.4, 0.5) is 16.3 Å².